The van der Waals surface area contributed by atoms with Gasteiger partial charge in [-0.2, -0.15) is 0 Å². The highest BCUT2D eigenvalue weighted by Gasteiger charge is 2.46. The first-order valence-corrected chi connectivity index (χ1v) is 11.6. The van der Waals surface area contributed by atoms with Crippen LogP contribution in [0.5, 0.6) is 0 Å². The first-order chi connectivity index (χ1) is 16.5. The van der Waals surface area contributed by atoms with Gasteiger partial charge in [0.15, 0.2) is 5.76 Å². The zero-order valence-corrected chi connectivity index (χ0v) is 19.5. The Hall–Kier alpha value is -3.20. The maximum Gasteiger partial charge on any atom is 0.295 e. The van der Waals surface area contributed by atoms with Crippen LogP contribution >= 0.6 is 11.6 Å². The van der Waals surface area contributed by atoms with Crippen molar-refractivity contribution in [2.75, 3.05) is 39.4 Å². The molecule has 2 fully saturated rings. The SMILES string of the molecule is Cc1nc2ccccn2c1/C(O)=C1\C(=O)C(=O)N(CCN2CCOCC2)[C@@H]1c1ccc(Cl)cc1. The molecule has 0 spiro atoms. The minimum atomic E-state index is -0.730. The number of hydrogen-bond donors (Lipinski definition) is 1. The molecule has 0 unspecified atom stereocenters. The van der Waals surface area contributed by atoms with Crippen molar-refractivity contribution < 1.29 is 19.4 Å². The molecule has 4 heterocycles. The van der Waals surface area contributed by atoms with Gasteiger partial charge in [-0.1, -0.05) is 29.8 Å². The van der Waals surface area contributed by atoms with Gasteiger partial charge in [0, 0.05) is 37.4 Å². The summed E-state index contributed by atoms with van der Waals surface area (Å²) < 4.78 is 7.14. The Balaban J connectivity index is 1.60. The molecule has 1 amide bonds. The minimum Gasteiger partial charge on any atom is -0.505 e. The molecule has 2 aliphatic heterocycles. The van der Waals surface area contributed by atoms with Crippen molar-refractivity contribution in [2.24, 2.45) is 0 Å². The minimum absolute atomic E-state index is 0.0584. The van der Waals surface area contributed by atoms with Crippen LogP contribution in [-0.2, 0) is 14.3 Å². The zero-order chi connectivity index (χ0) is 23.8. The second-order valence-corrected chi connectivity index (χ2v) is 8.91. The van der Waals surface area contributed by atoms with E-state index in [9.17, 15) is 14.7 Å². The number of Topliss-reactive ketones (excluding diaryl/α,β-unsaturated/α-hetero) is 1. The van der Waals surface area contributed by atoms with E-state index in [-0.39, 0.29) is 11.3 Å². The zero-order valence-electron chi connectivity index (χ0n) is 18.8. The fourth-order valence-corrected chi connectivity index (χ4v) is 4.83. The van der Waals surface area contributed by atoms with E-state index in [1.54, 1.807) is 46.7 Å². The van der Waals surface area contributed by atoms with E-state index in [0.717, 1.165) is 13.1 Å². The molecular weight excluding hydrogens is 456 g/mol. The summed E-state index contributed by atoms with van der Waals surface area (Å²) >= 11 is 6.10. The Bertz CT molecular complexity index is 1280. The van der Waals surface area contributed by atoms with E-state index < -0.39 is 17.7 Å². The molecule has 3 aromatic rings. The number of ketones is 1. The third-order valence-electron chi connectivity index (χ3n) is 6.42. The Morgan fingerprint density at radius 1 is 1.12 bits per heavy atom. The van der Waals surface area contributed by atoms with E-state index in [2.05, 4.69) is 9.88 Å². The molecule has 1 aromatic carbocycles. The van der Waals surface area contributed by atoms with Crippen molar-refractivity contribution in [3.8, 4) is 0 Å². The first kappa shape index (κ1) is 22.6. The summed E-state index contributed by atoms with van der Waals surface area (Å²) in [7, 11) is 0. The standard InChI is InChI=1S/C25H25ClN4O4/c1-16-21(29-9-3-2-4-19(29)27-16)23(31)20-22(17-5-7-18(26)8-6-17)30(25(33)24(20)32)11-10-28-12-14-34-15-13-28/h2-9,22,31H,10-15H2,1H3/b23-20+/t22-/m1/s1. The van der Waals surface area contributed by atoms with Crippen LogP contribution in [-0.4, -0.2) is 75.4 Å². The van der Waals surface area contributed by atoms with Gasteiger partial charge in [0.2, 0.25) is 0 Å². The topological polar surface area (TPSA) is 87.4 Å². The number of aliphatic hydroxyl groups excluding tert-OH is 1. The van der Waals surface area contributed by atoms with Crippen molar-refractivity contribution in [1.82, 2.24) is 19.2 Å². The number of hydrogen-bond acceptors (Lipinski definition) is 6. The number of rotatable bonds is 5. The third-order valence-corrected chi connectivity index (χ3v) is 6.67. The van der Waals surface area contributed by atoms with E-state index >= 15 is 0 Å². The highest BCUT2D eigenvalue weighted by atomic mass is 35.5. The van der Waals surface area contributed by atoms with E-state index in [4.69, 9.17) is 16.3 Å². The highest BCUT2D eigenvalue weighted by molar-refractivity contribution is 6.46. The van der Waals surface area contributed by atoms with Crippen LogP contribution in [0.15, 0.2) is 54.2 Å². The molecule has 5 rings (SSSR count). The number of nitrogens with zero attached hydrogens (tertiary/aromatic N) is 4. The Morgan fingerprint density at radius 2 is 1.85 bits per heavy atom. The molecule has 34 heavy (non-hydrogen) atoms. The van der Waals surface area contributed by atoms with Crippen LogP contribution in [0.1, 0.15) is 23.0 Å². The summed E-state index contributed by atoms with van der Waals surface area (Å²) in [5, 5.41) is 12.0. The largest absolute Gasteiger partial charge is 0.505 e. The number of carbonyl (C=O) groups is 2. The number of benzene rings is 1. The summed E-state index contributed by atoms with van der Waals surface area (Å²) in [4.78, 5) is 34.8. The van der Waals surface area contributed by atoms with Crippen LogP contribution in [0, 0.1) is 6.92 Å². The lowest BCUT2D eigenvalue weighted by atomic mass is 9.96. The lowest BCUT2D eigenvalue weighted by Gasteiger charge is -2.31. The number of carbonyl (C=O) groups excluding carboxylic acids is 2. The van der Waals surface area contributed by atoms with Crippen LogP contribution in [0.4, 0.5) is 0 Å². The van der Waals surface area contributed by atoms with Gasteiger partial charge in [0.05, 0.1) is 30.5 Å². The number of imidazole rings is 1. The molecule has 2 aliphatic rings. The summed E-state index contributed by atoms with van der Waals surface area (Å²) in [6, 6.07) is 11.8. The first-order valence-electron chi connectivity index (χ1n) is 11.2. The van der Waals surface area contributed by atoms with Crippen molar-refractivity contribution in [3.05, 3.63) is 76.2 Å². The average molecular weight is 481 g/mol. The van der Waals surface area contributed by atoms with Crippen molar-refractivity contribution in [1.29, 1.82) is 0 Å². The molecule has 8 nitrogen and oxygen atoms in total. The number of halogens is 1. The predicted molar refractivity (Wildman–Crippen MR) is 128 cm³/mol. The molecular formula is C25H25ClN4O4. The molecule has 0 radical (unpaired) electrons. The number of fused-ring (bicyclic) bond motifs is 1. The van der Waals surface area contributed by atoms with Gasteiger partial charge in [-0.3, -0.25) is 18.9 Å². The molecule has 2 aromatic heterocycles. The second-order valence-electron chi connectivity index (χ2n) is 8.47. The van der Waals surface area contributed by atoms with Crippen molar-refractivity contribution in [3.63, 3.8) is 0 Å². The molecule has 0 bridgehead atoms. The molecule has 0 aliphatic carbocycles. The smallest absolute Gasteiger partial charge is 0.295 e. The van der Waals surface area contributed by atoms with Crippen LogP contribution in [0.3, 0.4) is 0 Å². The number of amides is 1. The lowest BCUT2D eigenvalue weighted by molar-refractivity contribution is -0.140. The van der Waals surface area contributed by atoms with Gasteiger partial charge in [0.25, 0.3) is 11.7 Å². The number of aromatic nitrogens is 2. The predicted octanol–water partition coefficient (Wildman–Crippen LogP) is 3.05. The highest BCUT2D eigenvalue weighted by Crippen LogP contribution is 2.40. The molecule has 1 N–H and O–H groups in total. The van der Waals surface area contributed by atoms with Gasteiger partial charge in [-0.15, -0.1) is 0 Å². The molecule has 1 atom stereocenters. The number of morpholine rings is 1. The molecule has 176 valence electrons. The quantitative estimate of drug-likeness (QED) is 0.343. The lowest BCUT2D eigenvalue weighted by Crippen LogP contribution is -2.42. The maximum absolute atomic E-state index is 13.3. The Morgan fingerprint density at radius 3 is 2.59 bits per heavy atom. The number of ether oxygens (including phenoxy) is 1. The van der Waals surface area contributed by atoms with Crippen LogP contribution in [0.2, 0.25) is 5.02 Å². The number of aryl methyl sites for hydroxylation is 1. The van der Waals surface area contributed by atoms with Gasteiger partial charge in [-0.05, 0) is 36.8 Å². The van der Waals surface area contributed by atoms with Gasteiger partial charge in [-0.25, -0.2) is 4.98 Å². The fourth-order valence-electron chi connectivity index (χ4n) is 4.70. The maximum atomic E-state index is 13.3. The third kappa shape index (κ3) is 3.98. The normalized spacial score (nSPS) is 21.0. The monoisotopic (exact) mass is 480 g/mol. The summed E-state index contributed by atoms with van der Waals surface area (Å²) in [5.41, 5.74) is 2.38. The van der Waals surface area contributed by atoms with E-state index in [1.165, 1.54) is 0 Å². The van der Waals surface area contributed by atoms with Crippen molar-refractivity contribution >= 4 is 34.7 Å². The molecule has 9 heteroatoms. The summed E-state index contributed by atoms with van der Waals surface area (Å²) in [5.74, 6) is -1.56. The van der Waals surface area contributed by atoms with Crippen LogP contribution < -0.4 is 0 Å². The molecule has 2 saturated heterocycles. The summed E-state index contributed by atoms with van der Waals surface area (Å²) in [6.07, 6.45) is 1.77. The van der Waals surface area contributed by atoms with Crippen molar-refractivity contribution in [2.45, 2.75) is 13.0 Å². The number of likely N-dealkylation sites (tertiary alicyclic amines) is 1. The fraction of sp³-hybridized carbons (Fsp3) is 0.320. The van der Waals surface area contributed by atoms with E-state index in [0.29, 0.717) is 53.9 Å². The summed E-state index contributed by atoms with van der Waals surface area (Å²) in [6.45, 7) is 5.57. The number of aliphatic hydroxyl groups is 1. The van der Waals surface area contributed by atoms with Gasteiger partial charge < -0.3 is 14.7 Å². The Labute approximate surface area is 202 Å². The van der Waals surface area contributed by atoms with Crippen LogP contribution in [0.25, 0.3) is 11.4 Å². The second kappa shape index (κ2) is 9.21. The average Bonchev–Trinajstić information content (AvgIpc) is 3.31. The van der Waals surface area contributed by atoms with Gasteiger partial charge >= 0.3 is 0 Å². The van der Waals surface area contributed by atoms with Gasteiger partial charge in [0.1, 0.15) is 11.3 Å². The van der Waals surface area contributed by atoms with E-state index in [1.807, 2.05) is 18.2 Å². The number of pyridine rings is 1. The molecule has 0 saturated carbocycles. The Kier molecular flexibility index (Phi) is 6.12.